The number of nitrogens with two attached hydrogens (primary N) is 1. The molecule has 100 valence electrons. The van der Waals surface area contributed by atoms with Gasteiger partial charge in [-0.05, 0) is 24.1 Å². The van der Waals surface area contributed by atoms with Crippen molar-refractivity contribution < 1.29 is 9.00 Å². The van der Waals surface area contributed by atoms with Gasteiger partial charge >= 0.3 is 0 Å². The van der Waals surface area contributed by atoms with Crippen LogP contribution in [0.2, 0.25) is 0 Å². The number of nitrogens with one attached hydrogen (secondary N) is 1. The highest BCUT2D eigenvalue weighted by Crippen LogP contribution is 2.07. The van der Waals surface area contributed by atoms with E-state index in [0.717, 1.165) is 11.3 Å². The van der Waals surface area contributed by atoms with E-state index in [1.165, 1.54) is 0 Å². The first-order chi connectivity index (χ1) is 8.61. The lowest BCUT2D eigenvalue weighted by molar-refractivity contribution is -0.120. The molecule has 0 heterocycles. The predicted molar refractivity (Wildman–Crippen MR) is 75.7 cm³/mol. The monoisotopic (exact) mass is 268 g/mol. The molecule has 0 aromatic heterocycles. The Labute approximate surface area is 110 Å². The second-order valence-corrected chi connectivity index (χ2v) is 5.89. The van der Waals surface area contributed by atoms with Crippen molar-refractivity contribution in [3.63, 3.8) is 0 Å². The van der Waals surface area contributed by atoms with Crippen molar-refractivity contribution in [3.8, 4) is 0 Å². The minimum absolute atomic E-state index is 0.0000666. The van der Waals surface area contributed by atoms with Gasteiger partial charge in [0.2, 0.25) is 5.91 Å². The number of rotatable bonds is 7. The number of hydrogen-bond donors (Lipinski definition) is 2. The molecule has 0 radical (unpaired) electrons. The molecule has 1 unspecified atom stereocenters. The molecule has 0 spiro atoms. The van der Waals surface area contributed by atoms with Gasteiger partial charge in [0.15, 0.2) is 0 Å². The lowest BCUT2D eigenvalue weighted by Crippen LogP contribution is -2.28. The molecule has 1 amide bonds. The van der Waals surface area contributed by atoms with Gasteiger partial charge < -0.3 is 11.1 Å². The van der Waals surface area contributed by atoms with Crippen LogP contribution in [0.4, 0.5) is 5.69 Å². The molecular formula is C13H20N2O2S. The number of carbonyl (C=O) groups excluding carboxylic acids is 1. The minimum Gasteiger partial charge on any atom is -0.399 e. The summed E-state index contributed by atoms with van der Waals surface area (Å²) >= 11 is 0. The Morgan fingerprint density at radius 1 is 1.33 bits per heavy atom. The van der Waals surface area contributed by atoms with E-state index in [2.05, 4.69) is 5.32 Å². The molecule has 18 heavy (non-hydrogen) atoms. The maximum absolute atomic E-state index is 11.5. The van der Waals surface area contributed by atoms with Crippen molar-refractivity contribution in [1.29, 1.82) is 0 Å². The summed E-state index contributed by atoms with van der Waals surface area (Å²) in [6.07, 6.45) is 1.14. The normalized spacial score (nSPS) is 12.1. The van der Waals surface area contributed by atoms with Gasteiger partial charge in [-0.2, -0.15) is 0 Å². The number of benzene rings is 1. The fourth-order valence-corrected chi connectivity index (χ4v) is 2.10. The first-order valence-electron chi connectivity index (χ1n) is 6.08. The summed E-state index contributed by atoms with van der Waals surface area (Å²) in [5, 5.41) is 2.77. The van der Waals surface area contributed by atoms with Crippen molar-refractivity contribution in [1.82, 2.24) is 5.32 Å². The second-order valence-electron chi connectivity index (χ2n) is 4.02. The molecule has 0 aliphatic rings. The van der Waals surface area contributed by atoms with Crippen LogP contribution in [0.15, 0.2) is 24.3 Å². The van der Waals surface area contributed by atoms with Crippen molar-refractivity contribution in [3.05, 3.63) is 29.8 Å². The highest BCUT2D eigenvalue weighted by molar-refractivity contribution is 7.84. The Kier molecular flexibility index (Phi) is 6.43. The van der Waals surface area contributed by atoms with Crippen LogP contribution in [0.25, 0.3) is 0 Å². The van der Waals surface area contributed by atoms with Crippen LogP contribution >= 0.6 is 0 Å². The molecule has 1 atom stereocenters. The van der Waals surface area contributed by atoms with E-state index in [1.54, 1.807) is 0 Å². The quantitative estimate of drug-likeness (QED) is 0.727. The van der Waals surface area contributed by atoms with E-state index in [0.29, 0.717) is 30.9 Å². The third kappa shape index (κ3) is 5.82. The summed E-state index contributed by atoms with van der Waals surface area (Å²) in [5.74, 6) is 1.17. The number of carbonyl (C=O) groups is 1. The number of hydrogen-bond acceptors (Lipinski definition) is 3. The van der Waals surface area contributed by atoms with Gasteiger partial charge in [0.1, 0.15) is 0 Å². The van der Waals surface area contributed by atoms with E-state index in [9.17, 15) is 9.00 Å². The largest absolute Gasteiger partial charge is 0.399 e. The van der Waals surface area contributed by atoms with Crippen LogP contribution in [0.1, 0.15) is 18.9 Å². The predicted octanol–water partition coefficient (Wildman–Crippen LogP) is 1.09. The molecule has 4 nitrogen and oxygen atoms in total. The smallest absolute Gasteiger partial charge is 0.220 e. The number of anilines is 1. The van der Waals surface area contributed by atoms with Gasteiger partial charge in [-0.15, -0.1) is 0 Å². The molecule has 3 N–H and O–H groups in total. The standard InChI is InChI=1S/C13H20N2O2S/c1-2-18(17)10-9-15-13(16)8-5-11-3-6-12(14)7-4-11/h3-4,6-7H,2,5,8-10,14H2,1H3,(H,15,16). The van der Waals surface area contributed by atoms with Crippen molar-refractivity contribution in [2.24, 2.45) is 0 Å². The van der Waals surface area contributed by atoms with Gasteiger partial charge in [0.25, 0.3) is 0 Å². The van der Waals surface area contributed by atoms with Gasteiger partial charge in [-0.3, -0.25) is 9.00 Å². The average molecular weight is 268 g/mol. The zero-order valence-corrected chi connectivity index (χ0v) is 11.5. The van der Waals surface area contributed by atoms with E-state index in [4.69, 9.17) is 5.73 Å². The number of nitrogen functional groups attached to an aromatic ring is 1. The van der Waals surface area contributed by atoms with Crippen LogP contribution < -0.4 is 11.1 Å². The van der Waals surface area contributed by atoms with E-state index >= 15 is 0 Å². The lowest BCUT2D eigenvalue weighted by atomic mass is 10.1. The van der Waals surface area contributed by atoms with E-state index < -0.39 is 10.8 Å². The lowest BCUT2D eigenvalue weighted by Gasteiger charge is -2.05. The van der Waals surface area contributed by atoms with Gasteiger partial charge in [-0.25, -0.2) is 0 Å². The molecule has 1 aromatic rings. The van der Waals surface area contributed by atoms with Gasteiger partial charge in [-0.1, -0.05) is 19.1 Å². The molecule has 0 aliphatic carbocycles. The van der Waals surface area contributed by atoms with Crippen LogP contribution in [0, 0.1) is 0 Å². The molecule has 0 aliphatic heterocycles. The zero-order chi connectivity index (χ0) is 13.4. The maximum Gasteiger partial charge on any atom is 0.220 e. The minimum atomic E-state index is -0.815. The topological polar surface area (TPSA) is 72.2 Å². The molecule has 0 saturated carbocycles. The molecule has 0 fully saturated rings. The summed E-state index contributed by atoms with van der Waals surface area (Å²) < 4.78 is 11.2. The average Bonchev–Trinajstić information content (AvgIpc) is 2.38. The number of amides is 1. The van der Waals surface area contributed by atoms with Crippen LogP contribution in [0.3, 0.4) is 0 Å². The van der Waals surface area contributed by atoms with E-state index in [-0.39, 0.29) is 5.91 Å². The van der Waals surface area contributed by atoms with Gasteiger partial charge in [0, 0.05) is 41.0 Å². The SMILES string of the molecule is CCS(=O)CCNC(=O)CCc1ccc(N)cc1. The molecule has 1 rings (SSSR count). The molecule has 0 bridgehead atoms. The molecule has 5 heteroatoms. The summed E-state index contributed by atoms with van der Waals surface area (Å²) in [6.45, 7) is 2.36. The summed E-state index contributed by atoms with van der Waals surface area (Å²) in [7, 11) is -0.815. The fourth-order valence-electron chi connectivity index (χ4n) is 1.48. The Hall–Kier alpha value is -1.36. The summed E-state index contributed by atoms with van der Waals surface area (Å²) in [4.78, 5) is 11.5. The van der Waals surface area contributed by atoms with Crippen LogP contribution in [0.5, 0.6) is 0 Å². The Bertz CT molecular complexity index is 404. The molecule has 1 aromatic carbocycles. The van der Waals surface area contributed by atoms with E-state index in [1.807, 2.05) is 31.2 Å². The fraction of sp³-hybridized carbons (Fsp3) is 0.462. The number of aryl methyl sites for hydroxylation is 1. The van der Waals surface area contributed by atoms with Crippen LogP contribution in [-0.4, -0.2) is 28.2 Å². The first kappa shape index (κ1) is 14.7. The molecular weight excluding hydrogens is 248 g/mol. The third-order valence-corrected chi connectivity index (χ3v) is 3.90. The zero-order valence-electron chi connectivity index (χ0n) is 10.6. The Balaban J connectivity index is 2.21. The molecule has 0 saturated heterocycles. The summed E-state index contributed by atoms with van der Waals surface area (Å²) in [6, 6.07) is 7.51. The first-order valence-corrected chi connectivity index (χ1v) is 7.56. The Morgan fingerprint density at radius 2 is 2.00 bits per heavy atom. The highest BCUT2D eigenvalue weighted by atomic mass is 32.2. The third-order valence-electron chi connectivity index (χ3n) is 2.59. The maximum atomic E-state index is 11.5. The van der Waals surface area contributed by atoms with Crippen LogP contribution in [-0.2, 0) is 22.0 Å². The highest BCUT2D eigenvalue weighted by Gasteiger charge is 2.03. The van der Waals surface area contributed by atoms with Crippen molar-refractivity contribution >= 4 is 22.4 Å². The second kappa shape index (κ2) is 7.87. The Morgan fingerprint density at radius 3 is 2.61 bits per heavy atom. The summed E-state index contributed by atoms with van der Waals surface area (Å²) in [5.41, 5.74) is 7.40. The van der Waals surface area contributed by atoms with Crippen molar-refractivity contribution in [2.75, 3.05) is 23.8 Å². The van der Waals surface area contributed by atoms with Gasteiger partial charge in [0.05, 0.1) is 0 Å². The van der Waals surface area contributed by atoms with Crippen molar-refractivity contribution in [2.45, 2.75) is 19.8 Å².